The van der Waals surface area contributed by atoms with Crippen molar-refractivity contribution < 1.29 is 9.31 Å². The summed E-state index contributed by atoms with van der Waals surface area (Å²) in [5.74, 6) is 0.689. The molecule has 1 rings (SSSR count). The van der Waals surface area contributed by atoms with Crippen LogP contribution < -0.4 is 0 Å². The minimum absolute atomic E-state index is 0.588. The van der Waals surface area contributed by atoms with Gasteiger partial charge in [0.25, 0.3) is 0 Å². The average molecular weight is 128 g/mol. The average Bonchev–Trinajstić information content (AvgIpc) is 2.13. The fourth-order valence-electron chi connectivity index (χ4n) is 1.12. The summed E-state index contributed by atoms with van der Waals surface area (Å²) < 4.78 is 7.26. The number of ether oxygens (including phenoxy) is 1. The Hall–Kier alpha value is -0.530. The van der Waals surface area contributed by atoms with Crippen LogP contribution in [0.4, 0.5) is 0 Å². The third-order valence-corrected chi connectivity index (χ3v) is 1.80. The maximum absolute atomic E-state index is 5.13. The van der Waals surface area contributed by atoms with Crippen molar-refractivity contribution in [2.45, 2.75) is 19.9 Å². The third-order valence-electron chi connectivity index (χ3n) is 1.80. The number of hydrogen-bond acceptors (Lipinski definition) is 1. The van der Waals surface area contributed by atoms with E-state index in [9.17, 15) is 0 Å². The first-order valence-corrected chi connectivity index (χ1v) is 3.38. The summed E-state index contributed by atoms with van der Waals surface area (Å²) in [6.07, 6.45) is 1.80. The molecule has 0 N–H and O–H groups in total. The summed E-state index contributed by atoms with van der Waals surface area (Å²) in [6, 6.07) is 0.588. The van der Waals surface area contributed by atoms with E-state index in [1.165, 1.54) is 0 Å². The first kappa shape index (κ1) is 6.59. The van der Waals surface area contributed by atoms with Crippen molar-refractivity contribution in [3.8, 4) is 0 Å². The molecule has 52 valence electrons. The largest absolute Gasteiger partial charge is 0.443 e. The summed E-state index contributed by atoms with van der Waals surface area (Å²) in [5, 5.41) is 0. The van der Waals surface area contributed by atoms with E-state index >= 15 is 0 Å². The van der Waals surface area contributed by atoms with Gasteiger partial charge in [-0.25, -0.2) is 4.58 Å². The Morgan fingerprint density at radius 3 is 2.56 bits per heavy atom. The lowest BCUT2D eigenvalue weighted by Crippen LogP contribution is -2.26. The molecule has 0 aliphatic carbocycles. The fraction of sp³-hybridized carbons (Fsp3) is 0.857. The molecule has 0 radical (unpaired) electrons. The molecule has 0 saturated heterocycles. The molecule has 0 amide bonds. The summed E-state index contributed by atoms with van der Waals surface area (Å²) in [6.45, 7) is 5.28. The normalized spacial score (nSPS) is 26.2. The molecule has 9 heavy (non-hydrogen) atoms. The van der Waals surface area contributed by atoms with Gasteiger partial charge in [0, 0.05) is 5.92 Å². The van der Waals surface area contributed by atoms with Crippen LogP contribution in [0.15, 0.2) is 0 Å². The van der Waals surface area contributed by atoms with E-state index in [-0.39, 0.29) is 0 Å². The maximum atomic E-state index is 5.13. The number of rotatable bonds is 1. The highest BCUT2D eigenvalue weighted by atomic mass is 16.5. The van der Waals surface area contributed by atoms with Gasteiger partial charge in [-0.3, -0.25) is 0 Å². The van der Waals surface area contributed by atoms with Gasteiger partial charge in [0.15, 0.2) is 12.6 Å². The zero-order valence-corrected chi connectivity index (χ0v) is 6.29. The SMILES string of the molecule is CC(C)C1COC=[N+]1C. The summed E-state index contributed by atoms with van der Waals surface area (Å²) >= 11 is 0. The van der Waals surface area contributed by atoms with Crippen molar-refractivity contribution in [3.63, 3.8) is 0 Å². The van der Waals surface area contributed by atoms with Crippen LogP contribution in [-0.4, -0.2) is 30.7 Å². The minimum atomic E-state index is 0.588. The van der Waals surface area contributed by atoms with Crippen molar-refractivity contribution in [2.24, 2.45) is 5.92 Å². The summed E-state index contributed by atoms with van der Waals surface area (Å²) in [4.78, 5) is 0. The van der Waals surface area contributed by atoms with E-state index in [1.54, 1.807) is 6.40 Å². The van der Waals surface area contributed by atoms with Crippen molar-refractivity contribution in [2.75, 3.05) is 13.7 Å². The molecule has 1 unspecified atom stereocenters. The quantitative estimate of drug-likeness (QED) is 0.474. The van der Waals surface area contributed by atoms with Crippen molar-refractivity contribution in [1.82, 2.24) is 0 Å². The van der Waals surface area contributed by atoms with Crippen LogP contribution >= 0.6 is 0 Å². The van der Waals surface area contributed by atoms with Gasteiger partial charge in [0.1, 0.15) is 7.05 Å². The molecule has 0 aromatic carbocycles. The van der Waals surface area contributed by atoms with Crippen molar-refractivity contribution in [1.29, 1.82) is 0 Å². The Bertz CT molecular complexity index is 129. The maximum Gasteiger partial charge on any atom is 0.324 e. The van der Waals surface area contributed by atoms with Gasteiger partial charge < -0.3 is 4.74 Å². The standard InChI is InChI=1S/C7H14NO/c1-6(2)7-4-9-5-8(7)3/h5-7H,4H2,1-3H3/q+1. The molecular weight excluding hydrogens is 114 g/mol. The van der Waals surface area contributed by atoms with E-state index < -0.39 is 0 Å². The molecule has 0 spiro atoms. The van der Waals surface area contributed by atoms with Crippen LogP contribution in [0, 0.1) is 5.92 Å². The predicted octanol–water partition coefficient (Wildman–Crippen LogP) is 0.712. The molecular formula is C7H14NO+. The van der Waals surface area contributed by atoms with Gasteiger partial charge in [-0.15, -0.1) is 0 Å². The minimum Gasteiger partial charge on any atom is -0.443 e. The second kappa shape index (κ2) is 2.38. The van der Waals surface area contributed by atoms with Crippen molar-refractivity contribution in [3.05, 3.63) is 0 Å². The zero-order valence-electron chi connectivity index (χ0n) is 6.29. The van der Waals surface area contributed by atoms with Crippen LogP contribution in [0.1, 0.15) is 13.8 Å². The Kier molecular flexibility index (Phi) is 1.74. The predicted molar refractivity (Wildman–Crippen MR) is 36.8 cm³/mol. The molecule has 0 fully saturated rings. The molecule has 1 aliphatic heterocycles. The Morgan fingerprint density at radius 2 is 2.33 bits per heavy atom. The van der Waals surface area contributed by atoms with Crippen LogP contribution in [-0.2, 0) is 4.74 Å². The highest BCUT2D eigenvalue weighted by Crippen LogP contribution is 2.08. The van der Waals surface area contributed by atoms with Gasteiger partial charge in [0.05, 0.1) is 0 Å². The van der Waals surface area contributed by atoms with Gasteiger partial charge in [0.2, 0.25) is 0 Å². The Morgan fingerprint density at radius 1 is 1.67 bits per heavy atom. The highest BCUT2D eigenvalue weighted by Gasteiger charge is 2.26. The van der Waals surface area contributed by atoms with Crippen LogP contribution in [0.3, 0.4) is 0 Å². The molecule has 0 aromatic heterocycles. The first-order valence-electron chi connectivity index (χ1n) is 3.38. The molecule has 1 atom stereocenters. The lowest BCUT2D eigenvalue weighted by atomic mass is 10.1. The molecule has 1 heterocycles. The lowest BCUT2D eigenvalue weighted by molar-refractivity contribution is -0.530. The molecule has 2 heteroatoms. The molecule has 1 aliphatic rings. The molecule has 2 nitrogen and oxygen atoms in total. The van der Waals surface area contributed by atoms with Gasteiger partial charge in [-0.1, -0.05) is 13.8 Å². The van der Waals surface area contributed by atoms with E-state index in [0.29, 0.717) is 12.0 Å². The van der Waals surface area contributed by atoms with Crippen LogP contribution in [0.25, 0.3) is 0 Å². The second-order valence-electron chi connectivity index (χ2n) is 2.92. The van der Waals surface area contributed by atoms with Gasteiger partial charge in [-0.05, 0) is 0 Å². The third kappa shape index (κ3) is 1.23. The zero-order chi connectivity index (χ0) is 6.85. The second-order valence-corrected chi connectivity index (χ2v) is 2.92. The van der Waals surface area contributed by atoms with Gasteiger partial charge >= 0.3 is 6.40 Å². The molecule has 0 bridgehead atoms. The number of likely N-dealkylation sites (N-methyl/N-ethyl adjacent to an activating group) is 1. The first-order chi connectivity index (χ1) is 4.22. The Labute approximate surface area is 56.1 Å². The monoisotopic (exact) mass is 128 g/mol. The summed E-state index contributed by atoms with van der Waals surface area (Å²) in [7, 11) is 2.05. The van der Waals surface area contributed by atoms with Crippen LogP contribution in [0.5, 0.6) is 0 Å². The van der Waals surface area contributed by atoms with Crippen LogP contribution in [0.2, 0.25) is 0 Å². The topological polar surface area (TPSA) is 12.2 Å². The molecule has 0 saturated carbocycles. The lowest BCUT2D eigenvalue weighted by Gasteiger charge is -2.07. The van der Waals surface area contributed by atoms with E-state index in [0.717, 1.165) is 6.61 Å². The number of hydrogen-bond donors (Lipinski definition) is 0. The summed E-state index contributed by atoms with van der Waals surface area (Å²) in [5.41, 5.74) is 0. The fourth-order valence-corrected chi connectivity index (χ4v) is 1.12. The van der Waals surface area contributed by atoms with Gasteiger partial charge in [-0.2, -0.15) is 0 Å². The Balaban J connectivity index is 2.53. The van der Waals surface area contributed by atoms with E-state index in [2.05, 4.69) is 25.5 Å². The number of nitrogens with zero attached hydrogens (tertiary/aromatic N) is 1. The van der Waals surface area contributed by atoms with Crippen molar-refractivity contribution >= 4 is 6.40 Å². The van der Waals surface area contributed by atoms with E-state index in [4.69, 9.17) is 4.74 Å². The smallest absolute Gasteiger partial charge is 0.324 e. The highest BCUT2D eigenvalue weighted by molar-refractivity contribution is 5.40. The van der Waals surface area contributed by atoms with E-state index in [1.807, 2.05) is 0 Å². The molecule has 0 aromatic rings.